The molecule has 148 valence electrons. The zero-order valence-electron chi connectivity index (χ0n) is 15.5. The van der Waals surface area contributed by atoms with E-state index in [1.165, 1.54) is 0 Å². The summed E-state index contributed by atoms with van der Waals surface area (Å²) in [5, 5.41) is 0. The third-order valence-corrected chi connectivity index (χ3v) is 5.92. The number of allylic oxidation sites excluding steroid dienone is 2. The number of amides is 1. The van der Waals surface area contributed by atoms with Crippen molar-refractivity contribution in [2.45, 2.75) is 13.5 Å². The molecule has 1 amide bonds. The number of amidine groups is 1. The largest absolute Gasteiger partial charge is 0.486 e. The average molecular weight is 403 g/mol. The average Bonchev–Trinajstić information content (AvgIpc) is 2.70. The third kappa shape index (κ3) is 3.49. The highest BCUT2D eigenvalue weighted by Gasteiger charge is 2.32. The monoisotopic (exact) mass is 403 g/mol. The van der Waals surface area contributed by atoms with Gasteiger partial charge in [0.2, 0.25) is 0 Å². The van der Waals surface area contributed by atoms with E-state index in [0.29, 0.717) is 37.8 Å². The molecule has 28 heavy (non-hydrogen) atoms. The Balaban J connectivity index is 1.62. The van der Waals surface area contributed by atoms with Crippen molar-refractivity contribution in [3.63, 3.8) is 0 Å². The standard InChI is InChI=1S/C19H21N3O5S/c1-2-21(13-14-5-3-7-16-17(14)27-11-10-26-16)19(23)15-6-4-8-22-9-12-28(24,25)20-18(15)22/h3-8H,2,9-13H2,1H3. The molecule has 0 saturated heterocycles. The van der Waals surface area contributed by atoms with Crippen LogP contribution in [0, 0.1) is 0 Å². The zero-order valence-corrected chi connectivity index (χ0v) is 16.3. The van der Waals surface area contributed by atoms with Gasteiger partial charge in [0, 0.05) is 31.4 Å². The highest BCUT2D eigenvalue weighted by atomic mass is 32.2. The quantitative estimate of drug-likeness (QED) is 0.753. The molecule has 4 rings (SSSR count). The molecule has 0 atom stereocenters. The molecule has 0 bridgehead atoms. The van der Waals surface area contributed by atoms with Crippen LogP contribution in [0.3, 0.4) is 0 Å². The van der Waals surface area contributed by atoms with Gasteiger partial charge >= 0.3 is 0 Å². The summed E-state index contributed by atoms with van der Waals surface area (Å²) < 4.78 is 39.1. The summed E-state index contributed by atoms with van der Waals surface area (Å²) in [5.74, 6) is 1.17. The summed E-state index contributed by atoms with van der Waals surface area (Å²) in [6, 6.07) is 5.60. The van der Waals surface area contributed by atoms with Crippen LogP contribution in [0.15, 0.2) is 46.5 Å². The van der Waals surface area contributed by atoms with Crippen molar-refractivity contribution in [3.8, 4) is 11.5 Å². The molecule has 1 aromatic rings. The number of sulfonamides is 1. The second kappa shape index (κ2) is 7.31. The number of likely N-dealkylation sites (N-methyl/N-ethyl adjacent to an activating group) is 1. The Morgan fingerprint density at radius 3 is 2.93 bits per heavy atom. The number of carbonyl (C=O) groups excluding carboxylic acids is 1. The molecule has 9 heteroatoms. The van der Waals surface area contributed by atoms with E-state index in [2.05, 4.69) is 4.40 Å². The van der Waals surface area contributed by atoms with Crippen LogP contribution in [0.4, 0.5) is 0 Å². The lowest BCUT2D eigenvalue weighted by Gasteiger charge is -2.31. The van der Waals surface area contributed by atoms with Crippen molar-refractivity contribution < 1.29 is 22.7 Å². The van der Waals surface area contributed by atoms with Crippen molar-refractivity contribution >= 4 is 21.8 Å². The van der Waals surface area contributed by atoms with Crippen LogP contribution < -0.4 is 9.47 Å². The number of hydrogen-bond donors (Lipinski definition) is 0. The highest BCUT2D eigenvalue weighted by Crippen LogP contribution is 2.34. The summed E-state index contributed by atoms with van der Waals surface area (Å²) >= 11 is 0. The van der Waals surface area contributed by atoms with Crippen LogP contribution >= 0.6 is 0 Å². The lowest BCUT2D eigenvalue weighted by Crippen LogP contribution is -2.43. The molecule has 0 saturated carbocycles. The van der Waals surface area contributed by atoms with E-state index in [-0.39, 0.29) is 29.6 Å². The van der Waals surface area contributed by atoms with E-state index in [0.717, 1.165) is 5.56 Å². The van der Waals surface area contributed by atoms with Crippen LogP contribution in [0.2, 0.25) is 0 Å². The molecule has 0 N–H and O–H groups in total. The van der Waals surface area contributed by atoms with Crippen molar-refractivity contribution in [1.82, 2.24) is 9.80 Å². The number of ether oxygens (including phenoxy) is 2. The van der Waals surface area contributed by atoms with Crippen molar-refractivity contribution in [1.29, 1.82) is 0 Å². The van der Waals surface area contributed by atoms with Crippen LogP contribution in [-0.2, 0) is 21.4 Å². The second-order valence-corrected chi connectivity index (χ2v) is 8.33. The van der Waals surface area contributed by atoms with Gasteiger partial charge in [0.25, 0.3) is 15.9 Å². The first-order valence-electron chi connectivity index (χ1n) is 9.13. The molecule has 0 aromatic heterocycles. The predicted octanol–water partition coefficient (Wildman–Crippen LogP) is 1.30. The number of rotatable bonds is 4. The van der Waals surface area contributed by atoms with Gasteiger partial charge in [-0.2, -0.15) is 0 Å². The SMILES string of the molecule is CCN(Cc1cccc2c1OCCO2)C(=O)C1=CC=CN2CCS(=O)(=O)N=C12. The minimum absolute atomic E-state index is 0.0622. The minimum atomic E-state index is -3.56. The molecule has 1 aromatic carbocycles. The molecule has 0 radical (unpaired) electrons. The lowest BCUT2D eigenvalue weighted by atomic mass is 10.1. The topological polar surface area (TPSA) is 88.5 Å². The zero-order chi connectivity index (χ0) is 19.7. The maximum atomic E-state index is 13.2. The summed E-state index contributed by atoms with van der Waals surface area (Å²) in [5.41, 5.74) is 1.11. The summed E-state index contributed by atoms with van der Waals surface area (Å²) in [7, 11) is -3.56. The Bertz CT molecular complexity index is 997. The van der Waals surface area contributed by atoms with E-state index >= 15 is 0 Å². The fourth-order valence-corrected chi connectivity index (χ4v) is 4.33. The number of hydrogen-bond acceptors (Lipinski definition) is 6. The van der Waals surface area contributed by atoms with Gasteiger partial charge in [-0.1, -0.05) is 12.1 Å². The van der Waals surface area contributed by atoms with Crippen molar-refractivity contribution in [3.05, 3.63) is 47.7 Å². The van der Waals surface area contributed by atoms with Crippen molar-refractivity contribution in [2.24, 2.45) is 4.40 Å². The van der Waals surface area contributed by atoms with Crippen LogP contribution in [0.25, 0.3) is 0 Å². The number of benzene rings is 1. The maximum Gasteiger partial charge on any atom is 0.257 e. The summed E-state index contributed by atoms with van der Waals surface area (Å²) in [4.78, 5) is 16.6. The Morgan fingerprint density at radius 2 is 2.11 bits per heavy atom. The van der Waals surface area contributed by atoms with Crippen LogP contribution in [-0.4, -0.2) is 62.0 Å². The third-order valence-electron chi connectivity index (χ3n) is 4.77. The first kappa shape index (κ1) is 18.5. The van der Waals surface area contributed by atoms with Gasteiger partial charge in [-0.15, -0.1) is 4.40 Å². The van der Waals surface area contributed by atoms with Gasteiger partial charge in [0.05, 0.1) is 11.3 Å². The van der Waals surface area contributed by atoms with E-state index in [1.54, 1.807) is 28.2 Å². The molecule has 3 heterocycles. The van der Waals surface area contributed by atoms with Gasteiger partial charge in [-0.3, -0.25) is 4.79 Å². The lowest BCUT2D eigenvalue weighted by molar-refractivity contribution is -0.127. The highest BCUT2D eigenvalue weighted by molar-refractivity contribution is 7.90. The maximum absolute atomic E-state index is 13.2. The second-order valence-electron chi connectivity index (χ2n) is 6.58. The molecular weight excluding hydrogens is 382 g/mol. The molecule has 8 nitrogen and oxygen atoms in total. The number of fused-ring (bicyclic) bond motifs is 2. The minimum Gasteiger partial charge on any atom is -0.486 e. The first-order chi connectivity index (χ1) is 13.5. The molecule has 0 spiro atoms. The normalized spacial score (nSPS) is 19.4. The van der Waals surface area contributed by atoms with E-state index < -0.39 is 10.0 Å². The number of para-hydroxylation sites is 1. The van der Waals surface area contributed by atoms with Crippen LogP contribution in [0.1, 0.15) is 12.5 Å². The fraction of sp³-hybridized carbons (Fsp3) is 0.368. The molecule has 3 aliphatic heterocycles. The molecule has 0 fully saturated rings. The predicted molar refractivity (Wildman–Crippen MR) is 104 cm³/mol. The number of carbonyl (C=O) groups is 1. The molecule has 0 aliphatic carbocycles. The van der Waals surface area contributed by atoms with E-state index in [9.17, 15) is 13.2 Å². The van der Waals surface area contributed by atoms with Crippen LogP contribution in [0.5, 0.6) is 11.5 Å². The van der Waals surface area contributed by atoms with Gasteiger partial charge in [0.1, 0.15) is 13.2 Å². The van der Waals surface area contributed by atoms with Gasteiger partial charge < -0.3 is 19.3 Å². The van der Waals surface area contributed by atoms with Gasteiger partial charge in [-0.25, -0.2) is 8.42 Å². The number of nitrogens with zero attached hydrogens (tertiary/aromatic N) is 3. The summed E-state index contributed by atoms with van der Waals surface area (Å²) in [6.45, 7) is 3.89. The summed E-state index contributed by atoms with van der Waals surface area (Å²) in [6.07, 6.45) is 5.08. The fourth-order valence-electron chi connectivity index (χ4n) is 3.34. The molecule has 0 unspecified atom stereocenters. The Kier molecular flexibility index (Phi) is 4.84. The Labute approximate surface area is 163 Å². The molecule has 3 aliphatic rings. The smallest absolute Gasteiger partial charge is 0.257 e. The Hall–Kier alpha value is -2.81. The Morgan fingerprint density at radius 1 is 1.29 bits per heavy atom. The first-order valence-corrected chi connectivity index (χ1v) is 10.7. The van der Waals surface area contributed by atoms with Crippen molar-refractivity contribution in [2.75, 3.05) is 32.1 Å². The van der Waals surface area contributed by atoms with E-state index in [1.807, 2.05) is 25.1 Å². The van der Waals surface area contributed by atoms with Gasteiger partial charge in [0.15, 0.2) is 17.3 Å². The van der Waals surface area contributed by atoms with Gasteiger partial charge in [-0.05, 0) is 25.1 Å². The molecular formula is C19H21N3O5S. The van der Waals surface area contributed by atoms with E-state index in [4.69, 9.17) is 9.47 Å².